The molecule has 2 aromatic heterocycles. The van der Waals surface area contributed by atoms with E-state index in [9.17, 15) is 4.79 Å². The molecule has 1 atom stereocenters. The SMILES string of the molecule is Cn1nccc1C(=O)N1CCCCC1c1ccn[nH]1. The Morgan fingerprint density at radius 1 is 1.37 bits per heavy atom. The monoisotopic (exact) mass is 259 g/mol. The lowest BCUT2D eigenvalue weighted by molar-refractivity contribution is 0.0594. The Morgan fingerprint density at radius 3 is 2.95 bits per heavy atom. The Labute approximate surface area is 111 Å². The highest BCUT2D eigenvalue weighted by Crippen LogP contribution is 2.30. The summed E-state index contributed by atoms with van der Waals surface area (Å²) >= 11 is 0. The lowest BCUT2D eigenvalue weighted by atomic mass is 9.99. The summed E-state index contributed by atoms with van der Waals surface area (Å²) in [5, 5.41) is 11.0. The van der Waals surface area contributed by atoms with Crippen LogP contribution in [0, 0.1) is 0 Å². The summed E-state index contributed by atoms with van der Waals surface area (Å²) in [6.07, 6.45) is 6.55. The number of likely N-dealkylation sites (tertiary alicyclic amines) is 1. The van der Waals surface area contributed by atoms with E-state index in [0.29, 0.717) is 5.69 Å². The topological polar surface area (TPSA) is 66.8 Å². The Morgan fingerprint density at radius 2 is 2.26 bits per heavy atom. The number of rotatable bonds is 2. The van der Waals surface area contributed by atoms with E-state index in [1.807, 2.05) is 11.0 Å². The molecule has 0 aliphatic carbocycles. The normalized spacial score (nSPS) is 19.6. The van der Waals surface area contributed by atoms with Gasteiger partial charge in [0, 0.05) is 26.0 Å². The zero-order chi connectivity index (χ0) is 13.2. The average Bonchev–Trinajstić information content (AvgIpc) is 3.09. The quantitative estimate of drug-likeness (QED) is 0.889. The van der Waals surface area contributed by atoms with Crippen LogP contribution in [0.5, 0.6) is 0 Å². The maximum absolute atomic E-state index is 12.6. The summed E-state index contributed by atoms with van der Waals surface area (Å²) in [5.74, 6) is 0.0410. The highest BCUT2D eigenvalue weighted by molar-refractivity contribution is 5.92. The average molecular weight is 259 g/mol. The number of aryl methyl sites for hydroxylation is 1. The number of carbonyl (C=O) groups excluding carboxylic acids is 1. The molecule has 6 nitrogen and oxygen atoms in total. The zero-order valence-electron chi connectivity index (χ0n) is 10.9. The van der Waals surface area contributed by atoms with Crippen molar-refractivity contribution in [2.75, 3.05) is 6.54 Å². The van der Waals surface area contributed by atoms with Crippen molar-refractivity contribution in [1.29, 1.82) is 0 Å². The molecule has 3 heterocycles. The van der Waals surface area contributed by atoms with Gasteiger partial charge in [0.25, 0.3) is 5.91 Å². The molecule has 1 fully saturated rings. The Balaban J connectivity index is 1.89. The Bertz CT molecular complexity index is 559. The van der Waals surface area contributed by atoms with Gasteiger partial charge in [0.15, 0.2) is 0 Å². The molecule has 1 saturated heterocycles. The number of carbonyl (C=O) groups is 1. The molecule has 1 aliphatic rings. The van der Waals surface area contributed by atoms with Gasteiger partial charge in [-0.2, -0.15) is 10.2 Å². The summed E-state index contributed by atoms with van der Waals surface area (Å²) in [5.41, 5.74) is 1.64. The third-order valence-electron chi connectivity index (χ3n) is 3.68. The fraction of sp³-hybridized carbons (Fsp3) is 0.462. The van der Waals surface area contributed by atoms with E-state index in [2.05, 4.69) is 15.3 Å². The first-order valence-electron chi connectivity index (χ1n) is 6.55. The number of H-pyrrole nitrogens is 1. The second-order valence-corrected chi connectivity index (χ2v) is 4.86. The van der Waals surface area contributed by atoms with Crippen LogP contribution in [-0.2, 0) is 7.05 Å². The molecule has 1 N–H and O–H groups in total. The lowest BCUT2D eigenvalue weighted by Gasteiger charge is -2.35. The van der Waals surface area contributed by atoms with Crippen molar-refractivity contribution in [1.82, 2.24) is 24.9 Å². The van der Waals surface area contributed by atoms with Gasteiger partial charge < -0.3 is 4.90 Å². The highest BCUT2D eigenvalue weighted by atomic mass is 16.2. The van der Waals surface area contributed by atoms with Crippen LogP contribution < -0.4 is 0 Å². The summed E-state index contributed by atoms with van der Waals surface area (Å²) in [4.78, 5) is 14.5. The summed E-state index contributed by atoms with van der Waals surface area (Å²) in [6, 6.07) is 3.80. The van der Waals surface area contributed by atoms with Gasteiger partial charge in [-0.05, 0) is 31.4 Å². The molecule has 19 heavy (non-hydrogen) atoms. The van der Waals surface area contributed by atoms with Gasteiger partial charge in [0.05, 0.1) is 11.7 Å². The van der Waals surface area contributed by atoms with Gasteiger partial charge >= 0.3 is 0 Å². The molecule has 6 heteroatoms. The number of aromatic nitrogens is 4. The second-order valence-electron chi connectivity index (χ2n) is 4.86. The van der Waals surface area contributed by atoms with Crippen LogP contribution in [0.3, 0.4) is 0 Å². The highest BCUT2D eigenvalue weighted by Gasteiger charge is 2.30. The summed E-state index contributed by atoms with van der Waals surface area (Å²) in [7, 11) is 1.79. The number of nitrogens with one attached hydrogen (secondary N) is 1. The molecule has 3 rings (SSSR count). The predicted octanol–water partition coefficient (Wildman–Crippen LogP) is 1.51. The van der Waals surface area contributed by atoms with Crippen LogP contribution in [-0.4, -0.2) is 37.3 Å². The minimum absolute atomic E-state index is 0.0410. The molecule has 0 radical (unpaired) electrons. The molecule has 1 amide bonds. The van der Waals surface area contributed by atoms with Gasteiger partial charge in [0.2, 0.25) is 0 Å². The molecule has 1 aliphatic heterocycles. The fourth-order valence-electron chi connectivity index (χ4n) is 2.68. The van der Waals surface area contributed by atoms with E-state index in [1.54, 1.807) is 30.2 Å². The van der Waals surface area contributed by atoms with Crippen molar-refractivity contribution in [3.63, 3.8) is 0 Å². The standard InChI is InChI=1S/C13H17N5O/c1-17-12(6-8-15-17)13(19)18-9-3-2-4-11(18)10-5-7-14-16-10/h5-8,11H,2-4,9H2,1H3,(H,14,16). The number of hydrogen-bond acceptors (Lipinski definition) is 3. The van der Waals surface area contributed by atoms with Crippen molar-refractivity contribution in [2.24, 2.45) is 7.05 Å². The largest absolute Gasteiger partial charge is 0.329 e. The number of piperidine rings is 1. The maximum Gasteiger partial charge on any atom is 0.272 e. The molecule has 0 saturated carbocycles. The Hall–Kier alpha value is -2.11. The lowest BCUT2D eigenvalue weighted by Crippen LogP contribution is -2.39. The zero-order valence-corrected chi connectivity index (χ0v) is 10.9. The second kappa shape index (κ2) is 4.87. The van der Waals surface area contributed by atoms with E-state index >= 15 is 0 Å². The van der Waals surface area contributed by atoms with E-state index < -0.39 is 0 Å². The van der Waals surface area contributed by atoms with E-state index in [-0.39, 0.29) is 11.9 Å². The van der Waals surface area contributed by atoms with Crippen molar-refractivity contribution in [3.8, 4) is 0 Å². The van der Waals surface area contributed by atoms with Crippen LogP contribution in [0.25, 0.3) is 0 Å². The first kappa shape index (κ1) is 12.0. The molecule has 100 valence electrons. The first-order chi connectivity index (χ1) is 9.27. The minimum atomic E-state index is 0.0410. The molecule has 0 aromatic carbocycles. The number of hydrogen-bond donors (Lipinski definition) is 1. The number of amides is 1. The molecule has 0 bridgehead atoms. The van der Waals surface area contributed by atoms with Crippen LogP contribution >= 0.6 is 0 Å². The minimum Gasteiger partial charge on any atom is -0.329 e. The first-order valence-corrected chi connectivity index (χ1v) is 6.55. The van der Waals surface area contributed by atoms with Crippen molar-refractivity contribution < 1.29 is 4.79 Å². The summed E-state index contributed by atoms with van der Waals surface area (Å²) in [6.45, 7) is 0.785. The molecule has 1 unspecified atom stereocenters. The fourth-order valence-corrected chi connectivity index (χ4v) is 2.68. The van der Waals surface area contributed by atoms with Crippen LogP contribution in [0.15, 0.2) is 24.5 Å². The molecular weight excluding hydrogens is 242 g/mol. The van der Waals surface area contributed by atoms with E-state index in [0.717, 1.165) is 31.5 Å². The van der Waals surface area contributed by atoms with E-state index in [4.69, 9.17) is 0 Å². The van der Waals surface area contributed by atoms with Crippen molar-refractivity contribution >= 4 is 5.91 Å². The number of nitrogens with zero attached hydrogens (tertiary/aromatic N) is 4. The summed E-state index contributed by atoms with van der Waals surface area (Å²) < 4.78 is 1.63. The third kappa shape index (κ3) is 2.14. The van der Waals surface area contributed by atoms with Gasteiger partial charge in [0.1, 0.15) is 5.69 Å². The van der Waals surface area contributed by atoms with Crippen LogP contribution in [0.1, 0.15) is 41.5 Å². The maximum atomic E-state index is 12.6. The van der Waals surface area contributed by atoms with Crippen LogP contribution in [0.2, 0.25) is 0 Å². The van der Waals surface area contributed by atoms with E-state index in [1.165, 1.54) is 0 Å². The van der Waals surface area contributed by atoms with Gasteiger partial charge in [-0.15, -0.1) is 0 Å². The number of aromatic amines is 1. The Kier molecular flexibility index (Phi) is 3.06. The smallest absolute Gasteiger partial charge is 0.272 e. The van der Waals surface area contributed by atoms with Crippen LogP contribution in [0.4, 0.5) is 0 Å². The molecule has 0 spiro atoms. The van der Waals surface area contributed by atoms with Gasteiger partial charge in [-0.25, -0.2) is 0 Å². The molecular formula is C13H17N5O. The third-order valence-corrected chi connectivity index (χ3v) is 3.68. The van der Waals surface area contributed by atoms with Crippen molar-refractivity contribution in [2.45, 2.75) is 25.3 Å². The molecule has 2 aromatic rings. The predicted molar refractivity (Wildman–Crippen MR) is 69.4 cm³/mol. The van der Waals surface area contributed by atoms with Crippen molar-refractivity contribution in [3.05, 3.63) is 35.9 Å². The van der Waals surface area contributed by atoms with Gasteiger partial charge in [-0.3, -0.25) is 14.6 Å². The van der Waals surface area contributed by atoms with Gasteiger partial charge in [-0.1, -0.05) is 0 Å².